The van der Waals surface area contributed by atoms with Gasteiger partial charge in [0, 0.05) is 6.54 Å². The Balaban J connectivity index is 2.05. The fraction of sp³-hybridized carbons (Fsp3) is 0.625. The largest absolute Gasteiger partial charge is 0.316 e. The first-order chi connectivity index (χ1) is 9.15. The van der Waals surface area contributed by atoms with E-state index in [0.29, 0.717) is 0 Å². The minimum absolute atomic E-state index is 0.236. The molecule has 0 saturated heterocycles. The van der Waals surface area contributed by atoms with E-state index in [4.69, 9.17) is 0 Å². The predicted octanol–water partition coefficient (Wildman–Crippen LogP) is 4.07. The van der Waals surface area contributed by atoms with E-state index in [1.807, 2.05) is 0 Å². The lowest BCUT2D eigenvalue weighted by atomic mass is 9.80. The molecule has 19 heavy (non-hydrogen) atoms. The zero-order valence-electron chi connectivity index (χ0n) is 11.6. The first-order valence-corrected chi connectivity index (χ1v) is 7.30. The number of hydrogen-bond acceptors (Lipinski definition) is 1. The van der Waals surface area contributed by atoms with Crippen molar-refractivity contribution in [2.24, 2.45) is 5.41 Å². The van der Waals surface area contributed by atoms with E-state index in [9.17, 15) is 8.78 Å². The molecule has 0 radical (unpaired) electrons. The van der Waals surface area contributed by atoms with Crippen molar-refractivity contribution in [3.05, 3.63) is 35.4 Å². The van der Waals surface area contributed by atoms with Crippen molar-refractivity contribution >= 4 is 0 Å². The van der Waals surface area contributed by atoms with Gasteiger partial charge < -0.3 is 5.32 Å². The second kappa shape index (κ2) is 6.47. The monoisotopic (exact) mass is 267 g/mol. The summed E-state index contributed by atoms with van der Waals surface area (Å²) in [7, 11) is 0. The molecule has 3 heteroatoms. The molecule has 106 valence electrons. The molecule has 1 aromatic carbocycles. The summed E-state index contributed by atoms with van der Waals surface area (Å²) < 4.78 is 26.3. The molecule has 0 unspecified atom stereocenters. The van der Waals surface area contributed by atoms with Gasteiger partial charge in [0.15, 0.2) is 11.6 Å². The van der Waals surface area contributed by atoms with Crippen LogP contribution in [-0.2, 0) is 6.42 Å². The lowest BCUT2D eigenvalue weighted by Gasteiger charge is -2.29. The summed E-state index contributed by atoms with van der Waals surface area (Å²) in [6.45, 7) is 4.17. The molecule has 1 N–H and O–H groups in total. The molecule has 0 spiro atoms. The zero-order chi connectivity index (χ0) is 13.7. The second-order valence-corrected chi connectivity index (χ2v) is 5.81. The van der Waals surface area contributed by atoms with Crippen molar-refractivity contribution in [3.8, 4) is 0 Å². The molecule has 0 amide bonds. The van der Waals surface area contributed by atoms with Crippen LogP contribution in [0.4, 0.5) is 8.78 Å². The van der Waals surface area contributed by atoms with E-state index in [1.54, 1.807) is 6.07 Å². The van der Waals surface area contributed by atoms with E-state index in [2.05, 4.69) is 12.2 Å². The van der Waals surface area contributed by atoms with Gasteiger partial charge in [-0.25, -0.2) is 8.78 Å². The summed E-state index contributed by atoms with van der Waals surface area (Å²) in [5.41, 5.74) is 1.15. The molecule has 2 rings (SSSR count). The van der Waals surface area contributed by atoms with Crippen molar-refractivity contribution in [2.45, 2.75) is 45.4 Å². The smallest absolute Gasteiger partial charge is 0.159 e. The molecular weight excluding hydrogens is 244 g/mol. The number of benzene rings is 1. The Kier molecular flexibility index (Phi) is 4.92. The van der Waals surface area contributed by atoms with Crippen LogP contribution in [0.2, 0.25) is 0 Å². The summed E-state index contributed by atoms with van der Waals surface area (Å²) in [5.74, 6) is -1.49. The number of rotatable bonds is 6. The third kappa shape index (κ3) is 3.75. The van der Waals surface area contributed by atoms with Gasteiger partial charge in [-0.15, -0.1) is 0 Å². The first-order valence-electron chi connectivity index (χ1n) is 7.30. The molecule has 0 aliphatic heterocycles. The van der Waals surface area contributed by atoms with Crippen molar-refractivity contribution < 1.29 is 8.78 Å². The summed E-state index contributed by atoms with van der Waals surface area (Å²) in [6, 6.07) is 4.32. The van der Waals surface area contributed by atoms with Gasteiger partial charge in [0.25, 0.3) is 0 Å². The van der Waals surface area contributed by atoms with Crippen LogP contribution in [0, 0.1) is 17.0 Å². The SMILES string of the molecule is CCCNCC1(Cc2ccc(F)c(F)c2)CCCC1. The molecule has 1 saturated carbocycles. The van der Waals surface area contributed by atoms with Gasteiger partial charge in [0.1, 0.15) is 0 Å². The predicted molar refractivity (Wildman–Crippen MR) is 74.1 cm³/mol. The molecule has 1 fully saturated rings. The molecule has 1 nitrogen and oxygen atoms in total. The van der Waals surface area contributed by atoms with Gasteiger partial charge in [0.2, 0.25) is 0 Å². The van der Waals surface area contributed by atoms with E-state index in [1.165, 1.54) is 37.8 Å². The summed E-state index contributed by atoms with van der Waals surface area (Å²) in [6.07, 6.45) is 6.84. The average Bonchev–Trinajstić information content (AvgIpc) is 2.83. The zero-order valence-corrected chi connectivity index (χ0v) is 11.6. The molecular formula is C16H23F2N. The lowest BCUT2D eigenvalue weighted by Crippen LogP contribution is -2.34. The quantitative estimate of drug-likeness (QED) is 0.766. The fourth-order valence-corrected chi connectivity index (χ4v) is 3.15. The maximum Gasteiger partial charge on any atom is 0.159 e. The van der Waals surface area contributed by atoms with Crippen LogP contribution in [0.3, 0.4) is 0 Å². The standard InChI is InChI=1S/C16H23F2N/c1-2-9-19-12-16(7-3-4-8-16)11-13-5-6-14(17)15(18)10-13/h5-6,10,19H,2-4,7-9,11-12H2,1H3. The van der Waals surface area contributed by atoms with Crippen LogP contribution in [0.5, 0.6) is 0 Å². The lowest BCUT2D eigenvalue weighted by molar-refractivity contribution is 0.277. The van der Waals surface area contributed by atoms with Crippen molar-refractivity contribution in [2.75, 3.05) is 13.1 Å². The minimum atomic E-state index is -0.756. The van der Waals surface area contributed by atoms with Gasteiger partial charge in [-0.05, 0) is 55.3 Å². The Labute approximate surface area is 114 Å². The van der Waals surface area contributed by atoms with Gasteiger partial charge in [0.05, 0.1) is 0 Å². The van der Waals surface area contributed by atoms with Gasteiger partial charge in [-0.3, -0.25) is 0 Å². The van der Waals surface area contributed by atoms with Gasteiger partial charge in [-0.2, -0.15) is 0 Å². The second-order valence-electron chi connectivity index (χ2n) is 5.81. The Bertz CT molecular complexity index is 411. The topological polar surface area (TPSA) is 12.0 Å². The van der Waals surface area contributed by atoms with Crippen LogP contribution in [0.1, 0.15) is 44.6 Å². The third-order valence-corrected chi connectivity index (χ3v) is 4.15. The highest BCUT2D eigenvalue weighted by atomic mass is 19.2. The highest BCUT2D eigenvalue weighted by Gasteiger charge is 2.33. The molecule has 1 aliphatic carbocycles. The summed E-state index contributed by atoms with van der Waals surface area (Å²) in [4.78, 5) is 0. The number of halogens is 2. The molecule has 0 bridgehead atoms. The Morgan fingerprint density at radius 1 is 1.16 bits per heavy atom. The van der Waals surface area contributed by atoms with E-state index >= 15 is 0 Å². The van der Waals surface area contributed by atoms with Crippen molar-refractivity contribution in [1.82, 2.24) is 5.32 Å². The Hall–Kier alpha value is -0.960. The van der Waals surface area contributed by atoms with Crippen molar-refractivity contribution in [1.29, 1.82) is 0 Å². The summed E-state index contributed by atoms with van der Waals surface area (Å²) in [5, 5.41) is 3.50. The molecule has 0 atom stereocenters. The maximum absolute atomic E-state index is 13.3. The third-order valence-electron chi connectivity index (χ3n) is 4.15. The molecule has 1 aliphatic rings. The van der Waals surface area contributed by atoms with Gasteiger partial charge in [-0.1, -0.05) is 25.8 Å². The van der Waals surface area contributed by atoms with Crippen LogP contribution < -0.4 is 5.32 Å². The van der Waals surface area contributed by atoms with Crippen molar-refractivity contribution in [3.63, 3.8) is 0 Å². The van der Waals surface area contributed by atoms with Crippen LogP contribution >= 0.6 is 0 Å². The minimum Gasteiger partial charge on any atom is -0.316 e. The van der Waals surface area contributed by atoms with Gasteiger partial charge >= 0.3 is 0 Å². The normalized spacial score (nSPS) is 17.8. The Morgan fingerprint density at radius 3 is 2.53 bits per heavy atom. The van der Waals surface area contributed by atoms with E-state index in [-0.39, 0.29) is 5.41 Å². The highest BCUT2D eigenvalue weighted by molar-refractivity contribution is 5.20. The molecule has 1 aromatic rings. The van der Waals surface area contributed by atoms with Crippen LogP contribution in [0.25, 0.3) is 0 Å². The van der Waals surface area contributed by atoms with Crippen LogP contribution in [0.15, 0.2) is 18.2 Å². The van der Waals surface area contributed by atoms with E-state index in [0.717, 1.165) is 31.5 Å². The summed E-state index contributed by atoms with van der Waals surface area (Å²) >= 11 is 0. The molecule has 0 aromatic heterocycles. The fourth-order valence-electron chi connectivity index (χ4n) is 3.15. The Morgan fingerprint density at radius 2 is 1.89 bits per heavy atom. The van der Waals surface area contributed by atoms with E-state index < -0.39 is 11.6 Å². The number of nitrogens with one attached hydrogen (secondary N) is 1. The first kappa shape index (κ1) is 14.4. The van der Waals surface area contributed by atoms with Crippen LogP contribution in [-0.4, -0.2) is 13.1 Å². The highest BCUT2D eigenvalue weighted by Crippen LogP contribution is 2.40. The molecule has 0 heterocycles. The average molecular weight is 267 g/mol. The number of hydrogen-bond donors (Lipinski definition) is 1. The maximum atomic E-state index is 13.3.